The molecule has 4 rings (SSSR count). The fourth-order valence-corrected chi connectivity index (χ4v) is 5.04. The SMILES string of the molecule is Cc1cc(-c2cnc(N)c(S(N)(=O)=O)c2)cc2c1OCCN(c1nc(N)nc(C)c1C(C)C)C2. The van der Waals surface area contributed by atoms with Gasteiger partial charge in [0.25, 0.3) is 0 Å². The van der Waals surface area contributed by atoms with Crippen LogP contribution in [0, 0.1) is 13.8 Å². The van der Waals surface area contributed by atoms with Gasteiger partial charge in [-0.1, -0.05) is 13.8 Å². The number of fused-ring (bicyclic) bond motifs is 1. The first-order valence-electron chi connectivity index (χ1n) is 10.9. The van der Waals surface area contributed by atoms with Gasteiger partial charge in [0.1, 0.15) is 28.9 Å². The number of benzene rings is 1. The lowest BCUT2D eigenvalue weighted by atomic mass is 9.99. The summed E-state index contributed by atoms with van der Waals surface area (Å²) in [5.41, 5.74) is 16.9. The van der Waals surface area contributed by atoms with Crippen molar-refractivity contribution in [3.8, 4) is 16.9 Å². The fraction of sp³-hybridized carbons (Fsp3) is 0.348. The van der Waals surface area contributed by atoms with E-state index in [0.717, 1.165) is 39.5 Å². The van der Waals surface area contributed by atoms with Crippen molar-refractivity contribution < 1.29 is 13.2 Å². The highest BCUT2D eigenvalue weighted by Gasteiger charge is 2.24. The van der Waals surface area contributed by atoms with Crippen molar-refractivity contribution in [2.75, 3.05) is 29.5 Å². The Balaban J connectivity index is 1.81. The molecule has 0 saturated carbocycles. The molecule has 0 fully saturated rings. The molecule has 0 atom stereocenters. The summed E-state index contributed by atoms with van der Waals surface area (Å²) < 4.78 is 30.0. The zero-order valence-electron chi connectivity index (χ0n) is 19.7. The van der Waals surface area contributed by atoms with Gasteiger partial charge < -0.3 is 21.1 Å². The minimum absolute atomic E-state index is 0.134. The van der Waals surface area contributed by atoms with Gasteiger partial charge in [0, 0.05) is 35.1 Å². The topological polar surface area (TPSA) is 163 Å². The maximum absolute atomic E-state index is 11.9. The molecule has 0 saturated heterocycles. The number of primary sulfonamides is 1. The minimum atomic E-state index is -4.01. The van der Waals surface area contributed by atoms with Crippen LogP contribution in [0.25, 0.3) is 11.1 Å². The number of nitrogens with zero attached hydrogens (tertiary/aromatic N) is 4. The smallest absolute Gasteiger partial charge is 0.241 e. The molecule has 2 aromatic heterocycles. The molecule has 1 aliphatic heterocycles. The summed E-state index contributed by atoms with van der Waals surface area (Å²) >= 11 is 0. The Morgan fingerprint density at radius 2 is 1.82 bits per heavy atom. The molecule has 1 aliphatic rings. The van der Waals surface area contributed by atoms with E-state index in [9.17, 15) is 8.42 Å². The highest BCUT2D eigenvalue weighted by molar-refractivity contribution is 7.89. The van der Waals surface area contributed by atoms with Gasteiger partial charge in [0.05, 0.1) is 6.54 Å². The normalized spacial score (nSPS) is 14.0. The number of pyridine rings is 1. The Labute approximate surface area is 199 Å². The molecule has 0 spiro atoms. The second-order valence-electron chi connectivity index (χ2n) is 8.76. The molecule has 11 heteroatoms. The molecule has 6 N–H and O–H groups in total. The minimum Gasteiger partial charge on any atom is -0.491 e. The van der Waals surface area contributed by atoms with Crippen LogP contribution in [0.4, 0.5) is 17.6 Å². The van der Waals surface area contributed by atoms with Gasteiger partial charge in [-0.25, -0.2) is 23.5 Å². The fourth-order valence-electron chi connectivity index (χ4n) is 4.41. The third-order valence-electron chi connectivity index (χ3n) is 5.85. The number of nitrogen functional groups attached to an aromatic ring is 2. The quantitative estimate of drug-likeness (QED) is 0.506. The van der Waals surface area contributed by atoms with Crippen molar-refractivity contribution in [2.24, 2.45) is 5.14 Å². The number of aromatic nitrogens is 3. The summed E-state index contributed by atoms with van der Waals surface area (Å²) in [5, 5.41) is 5.31. The summed E-state index contributed by atoms with van der Waals surface area (Å²) in [7, 11) is -4.01. The van der Waals surface area contributed by atoms with Crippen LogP contribution in [0.2, 0.25) is 0 Å². The van der Waals surface area contributed by atoms with E-state index < -0.39 is 10.0 Å². The Bertz CT molecular complexity index is 1370. The van der Waals surface area contributed by atoms with E-state index in [1.54, 1.807) is 0 Å². The van der Waals surface area contributed by atoms with Gasteiger partial charge >= 0.3 is 0 Å². The van der Waals surface area contributed by atoms with E-state index in [4.69, 9.17) is 21.3 Å². The van der Waals surface area contributed by atoms with Crippen molar-refractivity contribution in [1.82, 2.24) is 15.0 Å². The predicted octanol–water partition coefficient (Wildman–Crippen LogP) is 2.49. The zero-order valence-corrected chi connectivity index (χ0v) is 20.5. The average molecular weight is 484 g/mol. The number of nitrogens with two attached hydrogens (primary N) is 3. The van der Waals surface area contributed by atoms with Crippen molar-refractivity contribution in [3.05, 3.63) is 46.8 Å². The second-order valence-corrected chi connectivity index (χ2v) is 10.3. The molecular weight excluding hydrogens is 454 g/mol. The first kappa shape index (κ1) is 23.7. The largest absolute Gasteiger partial charge is 0.491 e. The molecule has 0 aliphatic carbocycles. The first-order chi connectivity index (χ1) is 16.0. The predicted molar refractivity (Wildman–Crippen MR) is 132 cm³/mol. The van der Waals surface area contributed by atoms with Crippen molar-refractivity contribution in [3.63, 3.8) is 0 Å². The van der Waals surface area contributed by atoms with Crippen LogP contribution in [-0.2, 0) is 16.6 Å². The highest BCUT2D eigenvalue weighted by atomic mass is 32.2. The van der Waals surface area contributed by atoms with Crippen LogP contribution >= 0.6 is 0 Å². The van der Waals surface area contributed by atoms with Crippen LogP contribution in [0.5, 0.6) is 5.75 Å². The third-order valence-corrected chi connectivity index (χ3v) is 6.79. The van der Waals surface area contributed by atoms with E-state index in [0.29, 0.717) is 25.3 Å². The number of anilines is 3. The van der Waals surface area contributed by atoms with E-state index in [-0.39, 0.29) is 22.6 Å². The summed E-state index contributed by atoms with van der Waals surface area (Å²) in [6, 6.07) is 5.34. The lowest BCUT2D eigenvalue weighted by Gasteiger charge is -2.26. The Morgan fingerprint density at radius 1 is 1.09 bits per heavy atom. The van der Waals surface area contributed by atoms with Gasteiger partial charge in [-0.15, -0.1) is 0 Å². The first-order valence-corrected chi connectivity index (χ1v) is 12.4. The van der Waals surface area contributed by atoms with Gasteiger partial charge in [0.15, 0.2) is 0 Å². The van der Waals surface area contributed by atoms with Gasteiger partial charge in [-0.05, 0) is 49.1 Å². The monoisotopic (exact) mass is 483 g/mol. The summed E-state index contributed by atoms with van der Waals surface area (Å²) in [4.78, 5) is 14.9. The molecule has 10 nitrogen and oxygen atoms in total. The Morgan fingerprint density at radius 3 is 2.50 bits per heavy atom. The Kier molecular flexibility index (Phi) is 6.09. The highest BCUT2D eigenvalue weighted by Crippen LogP contribution is 2.36. The molecule has 0 bridgehead atoms. The van der Waals surface area contributed by atoms with Crippen LogP contribution < -0.4 is 26.2 Å². The standard InChI is InChI=1S/C23H29N7O3S/c1-12(2)19-14(4)28-23(25)29-22(19)30-5-6-33-20-13(3)7-15(8-17(20)11-30)16-9-18(34(26,31)32)21(24)27-10-16/h7-10,12H,5-6,11H2,1-4H3,(H2,24,27)(H2,25,28,29)(H2,26,31,32). The molecule has 3 aromatic rings. The number of rotatable bonds is 4. The molecule has 0 amide bonds. The molecule has 3 heterocycles. The molecule has 180 valence electrons. The number of sulfonamides is 1. The summed E-state index contributed by atoms with van der Waals surface area (Å²) in [6.07, 6.45) is 1.53. The average Bonchev–Trinajstić information content (AvgIpc) is 2.95. The van der Waals surface area contributed by atoms with Gasteiger partial charge in [0.2, 0.25) is 16.0 Å². The van der Waals surface area contributed by atoms with Gasteiger partial charge in [-0.2, -0.15) is 4.98 Å². The van der Waals surface area contributed by atoms with Crippen molar-refractivity contribution in [1.29, 1.82) is 0 Å². The van der Waals surface area contributed by atoms with Crippen molar-refractivity contribution in [2.45, 2.75) is 45.1 Å². The summed E-state index contributed by atoms with van der Waals surface area (Å²) in [5.74, 6) is 1.90. The van der Waals surface area contributed by atoms with E-state index in [2.05, 4.69) is 33.7 Å². The maximum Gasteiger partial charge on any atom is 0.241 e. The van der Waals surface area contributed by atoms with Gasteiger partial charge in [-0.3, -0.25) is 0 Å². The summed E-state index contributed by atoms with van der Waals surface area (Å²) in [6.45, 7) is 9.74. The lowest BCUT2D eigenvalue weighted by molar-refractivity contribution is 0.329. The molecule has 0 unspecified atom stereocenters. The number of hydrogen-bond acceptors (Lipinski definition) is 9. The van der Waals surface area contributed by atoms with E-state index in [1.165, 1.54) is 12.3 Å². The molecule has 1 aromatic carbocycles. The van der Waals surface area contributed by atoms with Crippen LogP contribution in [0.1, 0.15) is 42.1 Å². The molecule has 34 heavy (non-hydrogen) atoms. The second kappa shape index (κ2) is 8.73. The number of aryl methyl sites for hydroxylation is 2. The lowest BCUT2D eigenvalue weighted by Crippen LogP contribution is -2.28. The van der Waals surface area contributed by atoms with Crippen LogP contribution in [0.15, 0.2) is 29.3 Å². The zero-order chi connectivity index (χ0) is 24.8. The van der Waals surface area contributed by atoms with Crippen LogP contribution in [-0.4, -0.2) is 36.5 Å². The maximum atomic E-state index is 11.9. The molecular formula is C23H29N7O3S. The van der Waals surface area contributed by atoms with E-state index >= 15 is 0 Å². The van der Waals surface area contributed by atoms with Crippen LogP contribution in [0.3, 0.4) is 0 Å². The number of ether oxygens (including phenoxy) is 1. The van der Waals surface area contributed by atoms with Crippen molar-refractivity contribution >= 4 is 27.6 Å². The van der Waals surface area contributed by atoms with E-state index in [1.807, 2.05) is 26.0 Å². The third kappa shape index (κ3) is 4.48. The molecule has 0 radical (unpaired) electrons. The number of hydrogen-bond donors (Lipinski definition) is 3. The Hall–Kier alpha value is -3.44.